The molecule has 0 unspecified atom stereocenters. The van der Waals surface area contributed by atoms with Gasteiger partial charge in [-0.2, -0.15) is 0 Å². The third-order valence-electron chi connectivity index (χ3n) is 3.27. The number of nitrogens with zero attached hydrogens (tertiary/aromatic N) is 1. The van der Waals surface area contributed by atoms with Crippen molar-refractivity contribution in [3.05, 3.63) is 0 Å². The molecule has 0 spiro atoms. The zero-order valence-corrected chi connectivity index (χ0v) is 16.8. The van der Waals surface area contributed by atoms with Gasteiger partial charge in [-0.3, -0.25) is 0 Å². The van der Waals surface area contributed by atoms with Crippen molar-refractivity contribution in [3.8, 4) is 0 Å². The van der Waals surface area contributed by atoms with Gasteiger partial charge in [-0.15, -0.1) is 0 Å². The summed E-state index contributed by atoms with van der Waals surface area (Å²) in [6.45, 7) is 18.9. The van der Waals surface area contributed by atoms with Gasteiger partial charge in [0.15, 0.2) is 0 Å². The zero-order chi connectivity index (χ0) is 14.2. The zero-order valence-electron chi connectivity index (χ0n) is 13.5. The van der Waals surface area contributed by atoms with Crippen molar-refractivity contribution in [2.75, 3.05) is 19.8 Å². The topological polar surface area (TPSA) is 21.7 Å². The Balaban J connectivity index is 4.19. The van der Waals surface area contributed by atoms with Gasteiger partial charge in [-0.25, -0.2) is 0 Å². The van der Waals surface area contributed by atoms with Crippen LogP contribution in [0.1, 0.15) is 20.3 Å². The second-order valence-electron chi connectivity index (χ2n) is 5.53. The van der Waals surface area contributed by atoms with Gasteiger partial charge < -0.3 is 13.1 Å². The highest BCUT2D eigenvalue weighted by Gasteiger charge is 2.30. The Morgan fingerprint density at radius 1 is 0.944 bits per heavy atom. The first-order chi connectivity index (χ1) is 8.36. The van der Waals surface area contributed by atoms with Crippen LogP contribution in [0.4, 0.5) is 0 Å². The predicted molar refractivity (Wildman–Crippen MR) is 88.8 cm³/mol. The molecule has 0 saturated heterocycles. The molecule has 0 radical (unpaired) electrons. The third-order valence-corrected chi connectivity index (χ3v) is 13.1. The Hall–Kier alpha value is 0.531. The molecular formula is C12H33NO2Si3. The average molecular weight is 308 g/mol. The van der Waals surface area contributed by atoms with Crippen LogP contribution >= 0.6 is 0 Å². The van der Waals surface area contributed by atoms with E-state index in [0.29, 0.717) is 0 Å². The van der Waals surface area contributed by atoms with E-state index in [2.05, 4.69) is 50.8 Å². The molecule has 0 amide bonds. The highest BCUT2D eigenvalue weighted by atomic mass is 28.4. The Labute approximate surface area is 118 Å². The fraction of sp³-hybridized carbons (Fsp3) is 1.00. The molecule has 0 atom stereocenters. The van der Waals surface area contributed by atoms with Gasteiger partial charge in [0, 0.05) is 13.2 Å². The van der Waals surface area contributed by atoms with Gasteiger partial charge in [0.05, 0.1) is 17.9 Å². The maximum atomic E-state index is 5.89. The van der Waals surface area contributed by atoms with E-state index in [1.807, 2.05) is 0 Å². The first-order valence-electron chi connectivity index (χ1n) is 7.40. The summed E-state index contributed by atoms with van der Waals surface area (Å²) < 4.78 is 14.6. The summed E-state index contributed by atoms with van der Waals surface area (Å²) in [6.07, 6.45) is 1.24. The number of hydrogen-bond donors (Lipinski definition) is 0. The van der Waals surface area contributed by atoms with E-state index in [9.17, 15) is 0 Å². The molecule has 0 fully saturated rings. The third kappa shape index (κ3) is 7.20. The fourth-order valence-corrected chi connectivity index (χ4v) is 11.1. The summed E-state index contributed by atoms with van der Waals surface area (Å²) >= 11 is 0. The van der Waals surface area contributed by atoms with Crippen molar-refractivity contribution in [3.63, 3.8) is 0 Å². The molecule has 18 heavy (non-hydrogen) atoms. The first kappa shape index (κ1) is 18.5. The van der Waals surface area contributed by atoms with Crippen LogP contribution in [0.3, 0.4) is 0 Å². The van der Waals surface area contributed by atoms with E-state index in [1.165, 1.54) is 13.0 Å². The van der Waals surface area contributed by atoms with Gasteiger partial charge in [0.1, 0.15) is 0 Å². The molecule has 0 aromatic carbocycles. The average Bonchev–Trinajstić information content (AvgIpc) is 2.24. The van der Waals surface area contributed by atoms with Gasteiger partial charge in [-0.05, 0) is 39.4 Å². The summed E-state index contributed by atoms with van der Waals surface area (Å²) in [6, 6.07) is 1.13. The molecule has 6 heteroatoms. The molecule has 0 aromatic rings. The Bertz CT molecular complexity index is 201. The first-order valence-corrected chi connectivity index (χ1v) is 15.6. The lowest BCUT2D eigenvalue weighted by atomic mass is 10.5. The second kappa shape index (κ2) is 9.44. The van der Waals surface area contributed by atoms with Crippen molar-refractivity contribution in [2.24, 2.45) is 0 Å². The normalized spacial score (nSPS) is 13.0. The lowest BCUT2D eigenvalue weighted by Gasteiger charge is -2.31. The Morgan fingerprint density at radius 2 is 1.39 bits per heavy atom. The van der Waals surface area contributed by atoms with Crippen molar-refractivity contribution in [1.29, 1.82) is 0 Å². The molecule has 3 nitrogen and oxygen atoms in total. The quantitative estimate of drug-likeness (QED) is 0.579. The van der Waals surface area contributed by atoms with Crippen LogP contribution in [0.5, 0.6) is 0 Å². The maximum absolute atomic E-state index is 5.89. The standard InChI is InChI=1S/C12H33NO2Si3/c1-8-14-18(7,15-9-2)12-10-11-13(16(3)4)17(5)6/h16-17H,8-12H2,1-7H3. The van der Waals surface area contributed by atoms with Crippen LogP contribution in [0.25, 0.3) is 0 Å². The molecule has 0 aromatic heterocycles. The summed E-state index contributed by atoms with van der Waals surface area (Å²) in [7, 11) is -3.15. The van der Waals surface area contributed by atoms with E-state index < -0.39 is 26.5 Å². The van der Waals surface area contributed by atoms with E-state index in [-0.39, 0.29) is 0 Å². The van der Waals surface area contributed by atoms with E-state index in [4.69, 9.17) is 8.85 Å². The minimum absolute atomic E-state index is 0.632. The van der Waals surface area contributed by atoms with Crippen molar-refractivity contribution in [2.45, 2.75) is 59.0 Å². The van der Waals surface area contributed by atoms with Crippen molar-refractivity contribution < 1.29 is 8.85 Å². The van der Waals surface area contributed by atoms with E-state index in [0.717, 1.165) is 19.3 Å². The molecule has 0 rings (SSSR count). The Morgan fingerprint density at radius 3 is 1.72 bits per heavy atom. The molecule has 0 aliphatic carbocycles. The Kier molecular flexibility index (Phi) is 9.72. The second-order valence-corrected chi connectivity index (χ2v) is 15.2. The molecular weight excluding hydrogens is 274 g/mol. The number of rotatable bonds is 10. The van der Waals surface area contributed by atoms with Crippen LogP contribution in [0.15, 0.2) is 0 Å². The molecule has 0 bridgehead atoms. The van der Waals surface area contributed by atoms with Gasteiger partial charge >= 0.3 is 8.56 Å². The fourth-order valence-electron chi connectivity index (χ4n) is 2.49. The molecule has 110 valence electrons. The van der Waals surface area contributed by atoms with Gasteiger partial charge in [0.2, 0.25) is 0 Å². The van der Waals surface area contributed by atoms with E-state index in [1.54, 1.807) is 0 Å². The number of hydrogen-bond acceptors (Lipinski definition) is 3. The van der Waals surface area contributed by atoms with Crippen LogP contribution < -0.4 is 0 Å². The maximum Gasteiger partial charge on any atom is 0.334 e. The molecule has 0 N–H and O–H groups in total. The SMILES string of the molecule is CCO[Si](C)(CCCN([SiH](C)C)[SiH](C)C)OCC. The van der Waals surface area contributed by atoms with Crippen LogP contribution in [-0.4, -0.2) is 50.5 Å². The van der Waals surface area contributed by atoms with Crippen LogP contribution in [-0.2, 0) is 8.85 Å². The predicted octanol–water partition coefficient (Wildman–Crippen LogP) is 2.79. The van der Waals surface area contributed by atoms with E-state index >= 15 is 0 Å². The largest absolute Gasteiger partial charge is 0.395 e. The summed E-state index contributed by atoms with van der Waals surface area (Å²) in [5.41, 5.74) is 0. The molecule has 0 aliphatic rings. The minimum Gasteiger partial charge on any atom is -0.395 e. The van der Waals surface area contributed by atoms with Gasteiger partial charge in [-0.1, -0.05) is 26.2 Å². The molecule has 0 aliphatic heterocycles. The highest BCUT2D eigenvalue weighted by Crippen LogP contribution is 2.17. The van der Waals surface area contributed by atoms with Gasteiger partial charge in [0.25, 0.3) is 0 Å². The van der Waals surface area contributed by atoms with Crippen LogP contribution in [0, 0.1) is 0 Å². The molecule has 0 heterocycles. The minimum atomic E-state index is -1.88. The summed E-state index contributed by atoms with van der Waals surface area (Å²) in [5, 5.41) is 0. The summed E-state index contributed by atoms with van der Waals surface area (Å²) in [5.74, 6) is 0. The monoisotopic (exact) mass is 307 g/mol. The lowest BCUT2D eigenvalue weighted by Crippen LogP contribution is -2.45. The summed E-state index contributed by atoms with van der Waals surface area (Å²) in [4.78, 5) is 0. The molecule has 0 saturated carbocycles. The smallest absolute Gasteiger partial charge is 0.334 e. The van der Waals surface area contributed by atoms with Crippen LogP contribution in [0.2, 0.25) is 38.8 Å². The van der Waals surface area contributed by atoms with Crippen molar-refractivity contribution >= 4 is 26.5 Å². The lowest BCUT2D eigenvalue weighted by molar-refractivity contribution is 0.188. The highest BCUT2D eigenvalue weighted by molar-refractivity contribution is 6.70. The van der Waals surface area contributed by atoms with Crippen molar-refractivity contribution in [1.82, 2.24) is 4.23 Å².